The Morgan fingerprint density at radius 1 is 1.08 bits per heavy atom. The maximum Gasteiger partial charge on any atom is 0.254 e. The van der Waals surface area contributed by atoms with Gasteiger partial charge in [-0.1, -0.05) is 17.7 Å². The van der Waals surface area contributed by atoms with Crippen molar-refractivity contribution in [3.63, 3.8) is 0 Å². The van der Waals surface area contributed by atoms with Crippen molar-refractivity contribution >= 4 is 28.4 Å². The van der Waals surface area contributed by atoms with Gasteiger partial charge in [0.1, 0.15) is 0 Å². The normalized spacial score (nSPS) is 14.7. The summed E-state index contributed by atoms with van der Waals surface area (Å²) < 4.78 is 0. The molecule has 25 heavy (non-hydrogen) atoms. The van der Waals surface area contributed by atoms with Crippen LogP contribution in [0.3, 0.4) is 0 Å². The van der Waals surface area contributed by atoms with E-state index in [1.54, 1.807) is 12.4 Å². The third kappa shape index (κ3) is 3.21. The molecule has 0 spiro atoms. The van der Waals surface area contributed by atoms with Gasteiger partial charge >= 0.3 is 0 Å². The minimum atomic E-state index is 0.0376. The molecular formula is C19H17ClN4O. The lowest BCUT2D eigenvalue weighted by molar-refractivity contribution is 0.0736. The molecule has 0 radical (unpaired) electrons. The van der Waals surface area contributed by atoms with Crippen molar-refractivity contribution in [3.8, 4) is 11.3 Å². The van der Waals surface area contributed by atoms with Gasteiger partial charge in [-0.2, -0.15) is 0 Å². The van der Waals surface area contributed by atoms with Crippen molar-refractivity contribution in [2.24, 2.45) is 0 Å². The van der Waals surface area contributed by atoms with Gasteiger partial charge in [0.2, 0.25) is 0 Å². The fourth-order valence-electron chi connectivity index (χ4n) is 3.04. The van der Waals surface area contributed by atoms with Crippen LogP contribution in [0, 0.1) is 0 Å². The maximum atomic E-state index is 12.7. The first-order chi connectivity index (χ1) is 12.2. The van der Waals surface area contributed by atoms with Crippen molar-refractivity contribution in [2.75, 3.05) is 26.2 Å². The molecule has 1 fully saturated rings. The number of halogens is 1. The number of piperazine rings is 1. The molecule has 0 atom stereocenters. The standard InChI is InChI=1S/C19H17ClN4O/c20-16-12-17(13-3-5-21-6-4-13)23-18-11-14(1-2-15(16)18)19(25)24-9-7-22-8-10-24/h1-6,11-12,22H,7-10H2. The van der Waals surface area contributed by atoms with E-state index in [0.717, 1.165) is 48.3 Å². The van der Waals surface area contributed by atoms with E-state index < -0.39 is 0 Å². The summed E-state index contributed by atoms with van der Waals surface area (Å²) in [7, 11) is 0. The molecular weight excluding hydrogens is 336 g/mol. The van der Waals surface area contributed by atoms with Crippen LogP contribution in [0.4, 0.5) is 0 Å². The number of carbonyl (C=O) groups is 1. The molecule has 1 aliphatic rings. The Kier molecular flexibility index (Phi) is 4.34. The third-order valence-electron chi connectivity index (χ3n) is 4.39. The zero-order valence-electron chi connectivity index (χ0n) is 13.6. The number of hydrogen-bond acceptors (Lipinski definition) is 4. The first kappa shape index (κ1) is 16.0. The lowest BCUT2D eigenvalue weighted by Crippen LogP contribution is -2.46. The molecule has 2 aromatic heterocycles. The third-order valence-corrected chi connectivity index (χ3v) is 4.70. The molecule has 1 amide bonds. The summed E-state index contributed by atoms with van der Waals surface area (Å²) >= 11 is 6.43. The quantitative estimate of drug-likeness (QED) is 0.770. The fraction of sp³-hybridized carbons (Fsp3) is 0.211. The van der Waals surface area contributed by atoms with E-state index in [1.165, 1.54) is 0 Å². The first-order valence-electron chi connectivity index (χ1n) is 8.23. The second-order valence-electron chi connectivity index (χ2n) is 6.00. The SMILES string of the molecule is O=C(c1ccc2c(Cl)cc(-c3ccncc3)nc2c1)N1CCNCC1. The molecule has 1 aliphatic heterocycles. The predicted molar refractivity (Wildman–Crippen MR) is 98.8 cm³/mol. The number of aromatic nitrogens is 2. The van der Waals surface area contributed by atoms with Crippen LogP contribution in [0.15, 0.2) is 48.8 Å². The van der Waals surface area contributed by atoms with E-state index >= 15 is 0 Å². The van der Waals surface area contributed by atoms with Gasteiger partial charge < -0.3 is 10.2 Å². The van der Waals surface area contributed by atoms with Crippen LogP contribution < -0.4 is 5.32 Å². The van der Waals surface area contributed by atoms with E-state index in [9.17, 15) is 4.79 Å². The summed E-state index contributed by atoms with van der Waals surface area (Å²) in [4.78, 5) is 23.3. The molecule has 0 aliphatic carbocycles. The van der Waals surface area contributed by atoms with Crippen molar-refractivity contribution < 1.29 is 4.79 Å². The highest BCUT2D eigenvalue weighted by molar-refractivity contribution is 6.35. The van der Waals surface area contributed by atoms with Gasteiger partial charge in [-0.15, -0.1) is 0 Å². The number of nitrogens with one attached hydrogen (secondary N) is 1. The van der Waals surface area contributed by atoms with Crippen LogP contribution in [-0.2, 0) is 0 Å². The highest BCUT2D eigenvalue weighted by Gasteiger charge is 2.18. The lowest BCUT2D eigenvalue weighted by Gasteiger charge is -2.27. The summed E-state index contributed by atoms with van der Waals surface area (Å²) in [6, 6.07) is 11.1. The second kappa shape index (κ2) is 6.78. The second-order valence-corrected chi connectivity index (χ2v) is 6.41. The number of rotatable bonds is 2. The number of pyridine rings is 2. The van der Waals surface area contributed by atoms with Crippen molar-refractivity contribution in [3.05, 3.63) is 59.4 Å². The molecule has 6 heteroatoms. The Hall–Kier alpha value is -2.50. The maximum absolute atomic E-state index is 12.7. The van der Waals surface area contributed by atoms with Gasteiger partial charge in [0, 0.05) is 55.1 Å². The van der Waals surface area contributed by atoms with Crippen LogP contribution >= 0.6 is 11.6 Å². The van der Waals surface area contributed by atoms with Gasteiger partial charge in [-0.25, -0.2) is 4.98 Å². The van der Waals surface area contributed by atoms with E-state index in [0.29, 0.717) is 10.6 Å². The Bertz CT molecular complexity index is 923. The van der Waals surface area contributed by atoms with Crippen LogP contribution in [0.25, 0.3) is 22.2 Å². The monoisotopic (exact) mass is 352 g/mol. The van der Waals surface area contributed by atoms with Gasteiger partial charge in [0.25, 0.3) is 5.91 Å². The molecule has 4 rings (SSSR count). The molecule has 1 N–H and O–H groups in total. The highest BCUT2D eigenvalue weighted by Crippen LogP contribution is 2.28. The van der Waals surface area contributed by atoms with Crippen molar-refractivity contribution in [2.45, 2.75) is 0 Å². The topological polar surface area (TPSA) is 58.1 Å². The predicted octanol–water partition coefficient (Wildman–Crippen LogP) is 3.00. The fourth-order valence-corrected chi connectivity index (χ4v) is 3.30. The minimum absolute atomic E-state index is 0.0376. The Morgan fingerprint density at radius 2 is 1.84 bits per heavy atom. The van der Waals surface area contributed by atoms with E-state index in [-0.39, 0.29) is 5.91 Å². The number of benzene rings is 1. The molecule has 126 valence electrons. The van der Waals surface area contributed by atoms with E-state index in [1.807, 2.05) is 41.3 Å². The van der Waals surface area contributed by atoms with Crippen LogP contribution in [0.2, 0.25) is 5.02 Å². The van der Waals surface area contributed by atoms with E-state index in [2.05, 4.69) is 10.3 Å². The molecule has 0 saturated carbocycles. The van der Waals surface area contributed by atoms with Crippen molar-refractivity contribution in [1.29, 1.82) is 0 Å². The van der Waals surface area contributed by atoms with Crippen LogP contribution in [0.1, 0.15) is 10.4 Å². The van der Waals surface area contributed by atoms with Crippen molar-refractivity contribution in [1.82, 2.24) is 20.2 Å². The van der Waals surface area contributed by atoms with Gasteiger partial charge in [-0.05, 0) is 30.3 Å². The molecule has 1 saturated heterocycles. The highest BCUT2D eigenvalue weighted by atomic mass is 35.5. The lowest BCUT2D eigenvalue weighted by atomic mass is 10.1. The summed E-state index contributed by atoms with van der Waals surface area (Å²) in [6.45, 7) is 3.11. The molecule has 0 unspecified atom stereocenters. The van der Waals surface area contributed by atoms with Crippen LogP contribution in [-0.4, -0.2) is 47.0 Å². The number of nitrogens with zero attached hydrogens (tertiary/aromatic N) is 3. The number of fused-ring (bicyclic) bond motifs is 1. The average molecular weight is 353 g/mol. The summed E-state index contributed by atoms with van der Waals surface area (Å²) in [5.41, 5.74) is 3.08. The number of carbonyl (C=O) groups excluding carboxylic acids is 1. The number of amides is 1. The molecule has 1 aromatic carbocycles. The zero-order chi connectivity index (χ0) is 17.2. The largest absolute Gasteiger partial charge is 0.336 e. The molecule has 5 nitrogen and oxygen atoms in total. The molecule has 0 bridgehead atoms. The van der Waals surface area contributed by atoms with Gasteiger partial charge in [0.15, 0.2) is 0 Å². The molecule has 3 heterocycles. The minimum Gasteiger partial charge on any atom is -0.336 e. The number of hydrogen-bond donors (Lipinski definition) is 1. The summed E-state index contributed by atoms with van der Waals surface area (Å²) in [5, 5.41) is 4.72. The average Bonchev–Trinajstić information content (AvgIpc) is 2.68. The van der Waals surface area contributed by atoms with E-state index in [4.69, 9.17) is 16.6 Å². The molecule has 3 aromatic rings. The van der Waals surface area contributed by atoms with Gasteiger partial charge in [0.05, 0.1) is 16.2 Å². The summed E-state index contributed by atoms with van der Waals surface area (Å²) in [6.07, 6.45) is 3.44. The smallest absolute Gasteiger partial charge is 0.254 e. The first-order valence-corrected chi connectivity index (χ1v) is 8.61. The van der Waals surface area contributed by atoms with Crippen LogP contribution in [0.5, 0.6) is 0 Å². The summed E-state index contributed by atoms with van der Waals surface area (Å²) in [5.74, 6) is 0.0376. The van der Waals surface area contributed by atoms with Gasteiger partial charge in [-0.3, -0.25) is 9.78 Å². The Balaban J connectivity index is 1.75. The zero-order valence-corrected chi connectivity index (χ0v) is 14.3. The Morgan fingerprint density at radius 3 is 2.60 bits per heavy atom. The Labute approximate surface area is 150 Å².